The molecule has 0 saturated carbocycles. The molecule has 2 aromatic rings. The van der Waals surface area contributed by atoms with Crippen molar-refractivity contribution in [1.82, 2.24) is 10.2 Å². The number of rotatable bonds is 5. The van der Waals surface area contributed by atoms with Crippen LogP contribution in [0, 0.1) is 23.1 Å². The van der Waals surface area contributed by atoms with Crippen LogP contribution in [0.2, 0.25) is 0 Å². The second kappa shape index (κ2) is 9.89. The van der Waals surface area contributed by atoms with E-state index in [1.54, 1.807) is 32.3 Å². The van der Waals surface area contributed by atoms with E-state index in [0.717, 1.165) is 5.56 Å². The molecular formula is C31H36FN3O7. The van der Waals surface area contributed by atoms with Crippen molar-refractivity contribution in [2.45, 2.75) is 51.8 Å². The Balaban J connectivity index is 1.65. The van der Waals surface area contributed by atoms with E-state index in [9.17, 15) is 34.8 Å². The molecule has 0 spiro atoms. The van der Waals surface area contributed by atoms with Crippen LogP contribution in [0.15, 0.2) is 40.9 Å². The van der Waals surface area contributed by atoms with Gasteiger partial charge in [-0.3, -0.25) is 19.3 Å². The number of amides is 1. The van der Waals surface area contributed by atoms with Crippen LogP contribution in [0.25, 0.3) is 10.8 Å². The number of phenols is 1. The number of allylic oxidation sites excluding steroid dienone is 1. The highest BCUT2D eigenvalue weighted by atomic mass is 19.1. The average molecular weight is 582 g/mol. The fraction of sp³-hybridized carbons (Fsp3) is 0.452. The van der Waals surface area contributed by atoms with Gasteiger partial charge in [-0.15, -0.1) is 0 Å². The number of Topliss-reactive ketones (excluding diaryl/α,β-unsaturated/α-hetero) is 2. The molecule has 0 heterocycles. The molecule has 0 fully saturated rings. The zero-order chi connectivity index (χ0) is 31.0. The van der Waals surface area contributed by atoms with Crippen LogP contribution in [0.1, 0.15) is 48.7 Å². The van der Waals surface area contributed by atoms with Gasteiger partial charge in [0, 0.05) is 40.9 Å². The van der Waals surface area contributed by atoms with E-state index >= 15 is 4.39 Å². The molecular weight excluding hydrogens is 545 g/mol. The Hall–Kier alpha value is -3.80. The summed E-state index contributed by atoms with van der Waals surface area (Å²) >= 11 is 0. The number of likely N-dealkylation sites (N-methyl/N-ethyl adjacent to an activating group) is 1. The van der Waals surface area contributed by atoms with E-state index in [1.807, 2.05) is 0 Å². The van der Waals surface area contributed by atoms with Gasteiger partial charge in [-0.1, -0.05) is 32.9 Å². The van der Waals surface area contributed by atoms with Crippen LogP contribution in [0.4, 0.5) is 4.39 Å². The van der Waals surface area contributed by atoms with E-state index in [1.165, 1.54) is 4.90 Å². The smallest absolute Gasteiger partial charge is 0.255 e. The van der Waals surface area contributed by atoms with E-state index in [0.29, 0.717) is 13.1 Å². The number of ketones is 2. The predicted octanol–water partition coefficient (Wildman–Crippen LogP) is 2.55. The fourth-order valence-corrected chi connectivity index (χ4v) is 6.81. The number of phenolic OH excluding ortho intramolecular Hbond substituents is 1. The van der Waals surface area contributed by atoms with Crippen molar-refractivity contribution in [1.29, 1.82) is 0 Å². The molecule has 3 aliphatic rings. The molecule has 4 atom stereocenters. The summed E-state index contributed by atoms with van der Waals surface area (Å²) < 4.78 is 16.0. The first kappa shape index (κ1) is 29.7. The van der Waals surface area contributed by atoms with Crippen molar-refractivity contribution >= 4 is 28.2 Å². The van der Waals surface area contributed by atoms with Crippen LogP contribution in [-0.2, 0) is 22.6 Å². The highest BCUT2D eigenvalue weighted by Gasteiger charge is 2.63. The molecule has 42 heavy (non-hydrogen) atoms. The number of nitrogens with one attached hydrogen (secondary N) is 1. The molecule has 5 rings (SSSR count). The third-order valence-corrected chi connectivity index (χ3v) is 8.68. The number of aliphatic hydroxyl groups excluding tert-OH is 2. The van der Waals surface area contributed by atoms with E-state index in [-0.39, 0.29) is 45.7 Å². The van der Waals surface area contributed by atoms with Crippen LogP contribution in [-0.4, -0.2) is 75.1 Å². The lowest BCUT2D eigenvalue weighted by molar-refractivity contribution is -0.148. The molecule has 0 unspecified atom stereocenters. The van der Waals surface area contributed by atoms with Crippen molar-refractivity contribution in [3.63, 3.8) is 0 Å². The second-order valence-electron chi connectivity index (χ2n) is 13.0. The van der Waals surface area contributed by atoms with Crippen LogP contribution in [0.5, 0.6) is 5.75 Å². The summed E-state index contributed by atoms with van der Waals surface area (Å²) in [4.78, 5) is 40.9. The van der Waals surface area contributed by atoms with Gasteiger partial charge in [0.05, 0.1) is 11.6 Å². The number of carbonyl (C=O) groups excluding carboxylic acids is 3. The molecule has 0 aromatic heterocycles. The lowest BCUT2D eigenvalue weighted by Crippen LogP contribution is -2.63. The van der Waals surface area contributed by atoms with Gasteiger partial charge in [0.15, 0.2) is 11.4 Å². The Bertz CT molecular complexity index is 1620. The Labute approximate surface area is 242 Å². The fourth-order valence-electron chi connectivity index (χ4n) is 6.81. The molecule has 10 nitrogen and oxygen atoms in total. The normalized spacial score (nSPS) is 26.0. The van der Waals surface area contributed by atoms with Gasteiger partial charge in [-0.05, 0) is 49.9 Å². The Morgan fingerprint density at radius 2 is 1.83 bits per heavy atom. The number of carbonyl (C=O) groups is 3. The molecule has 7 N–H and O–H groups in total. The minimum Gasteiger partial charge on any atom is -0.510 e. The molecule has 0 radical (unpaired) electrons. The van der Waals surface area contributed by atoms with E-state index < -0.39 is 69.6 Å². The summed E-state index contributed by atoms with van der Waals surface area (Å²) in [6, 6.07) is 3.79. The highest BCUT2D eigenvalue weighted by molar-refractivity contribution is 6.25. The summed E-state index contributed by atoms with van der Waals surface area (Å²) in [7, 11) is 3.09. The lowest BCUT2D eigenvalue weighted by Gasteiger charge is -2.50. The minimum absolute atomic E-state index is 0.0308. The van der Waals surface area contributed by atoms with Gasteiger partial charge in [0.2, 0.25) is 5.78 Å². The molecule has 1 amide bonds. The van der Waals surface area contributed by atoms with Crippen molar-refractivity contribution in [2.75, 3.05) is 20.6 Å². The Kier molecular flexibility index (Phi) is 6.99. The first-order valence-electron chi connectivity index (χ1n) is 13.8. The SMILES string of the molecule is CN(C)[C@@H]1C(O)=C(C(N)=O)C(=O)[C@@]2(O)C(O)=C3C(=O)c4c(c(F)c5ccc(CNCC(C)(C)C)cc5c4O)C[C@H]3C[C@@H]12. The minimum atomic E-state index is -2.75. The Morgan fingerprint density at radius 1 is 1.17 bits per heavy atom. The maximum atomic E-state index is 16.0. The van der Waals surface area contributed by atoms with Crippen LogP contribution >= 0.6 is 0 Å². The average Bonchev–Trinajstić information content (AvgIpc) is 2.88. The summed E-state index contributed by atoms with van der Waals surface area (Å²) in [5.74, 6) is -8.35. The highest BCUT2D eigenvalue weighted by Crippen LogP contribution is 2.53. The summed E-state index contributed by atoms with van der Waals surface area (Å²) in [6.07, 6.45) is -0.221. The first-order chi connectivity index (χ1) is 19.5. The number of fused-ring (bicyclic) bond motifs is 4. The third kappa shape index (κ3) is 4.29. The first-order valence-corrected chi connectivity index (χ1v) is 13.8. The number of aromatic hydroxyl groups is 1. The number of nitrogens with zero attached hydrogens (tertiary/aromatic N) is 1. The standard InChI is InChI=1S/C31H36FN3O7/c1-30(2,3)12-34-11-13-6-7-15-16(8-13)24(36)20-17(22(15)32)9-14-10-18-23(35(4)5)26(38)21(29(33)41)28(40)31(18,42)27(39)19(14)25(20)37/h6-8,14,18,23,34,36,38-39,42H,9-12H2,1-5H3,(H2,33,41)/t14-,18-,23-,31-/m0/s1. The Morgan fingerprint density at radius 3 is 2.43 bits per heavy atom. The van der Waals surface area contributed by atoms with Gasteiger partial charge in [-0.2, -0.15) is 0 Å². The van der Waals surface area contributed by atoms with Crippen molar-refractivity contribution in [3.8, 4) is 5.75 Å². The second-order valence-corrected chi connectivity index (χ2v) is 13.0. The number of aliphatic hydroxyl groups is 3. The molecule has 2 aromatic carbocycles. The van der Waals surface area contributed by atoms with Crippen LogP contribution < -0.4 is 11.1 Å². The van der Waals surface area contributed by atoms with Crippen molar-refractivity contribution in [2.24, 2.45) is 23.0 Å². The largest absolute Gasteiger partial charge is 0.510 e. The van der Waals surface area contributed by atoms with Gasteiger partial charge in [0.25, 0.3) is 5.91 Å². The quantitative estimate of drug-likeness (QED) is 0.290. The third-order valence-electron chi connectivity index (χ3n) is 8.68. The number of nitrogens with two attached hydrogens (primary N) is 1. The zero-order valence-electron chi connectivity index (χ0n) is 24.2. The molecule has 11 heteroatoms. The molecule has 0 bridgehead atoms. The van der Waals surface area contributed by atoms with Gasteiger partial charge in [0.1, 0.15) is 28.7 Å². The topological polar surface area (TPSA) is 173 Å². The zero-order valence-corrected chi connectivity index (χ0v) is 24.2. The van der Waals surface area contributed by atoms with Crippen molar-refractivity contribution < 1.29 is 39.2 Å². The van der Waals surface area contributed by atoms with Crippen molar-refractivity contribution in [3.05, 3.63) is 63.4 Å². The maximum absolute atomic E-state index is 16.0. The van der Waals surface area contributed by atoms with Crippen LogP contribution in [0.3, 0.4) is 0 Å². The van der Waals surface area contributed by atoms with Gasteiger partial charge in [-0.25, -0.2) is 4.39 Å². The number of hydrogen-bond donors (Lipinski definition) is 6. The van der Waals surface area contributed by atoms with Gasteiger partial charge < -0.3 is 31.5 Å². The number of primary amides is 1. The van der Waals surface area contributed by atoms with E-state index in [4.69, 9.17) is 5.73 Å². The maximum Gasteiger partial charge on any atom is 0.255 e. The summed E-state index contributed by atoms with van der Waals surface area (Å²) in [5, 5.41) is 48.9. The molecule has 224 valence electrons. The molecule has 0 aliphatic heterocycles. The predicted molar refractivity (Wildman–Crippen MR) is 152 cm³/mol. The number of benzene rings is 2. The lowest BCUT2D eigenvalue weighted by atomic mass is 9.58. The number of hydrogen-bond acceptors (Lipinski definition) is 9. The van der Waals surface area contributed by atoms with Gasteiger partial charge >= 0.3 is 0 Å². The van der Waals surface area contributed by atoms with E-state index in [2.05, 4.69) is 26.1 Å². The molecule has 0 saturated heterocycles. The number of halogens is 1. The monoisotopic (exact) mass is 581 g/mol. The summed E-state index contributed by atoms with van der Waals surface area (Å²) in [6.45, 7) is 7.40. The molecule has 3 aliphatic carbocycles. The summed E-state index contributed by atoms with van der Waals surface area (Å²) in [5.41, 5.74) is 1.82.